The van der Waals surface area contributed by atoms with Crippen LogP contribution in [0.25, 0.3) is 77.5 Å². The van der Waals surface area contributed by atoms with Gasteiger partial charge in [0.2, 0.25) is 0 Å². The third-order valence-corrected chi connectivity index (χ3v) is 9.02. The lowest BCUT2D eigenvalue weighted by molar-refractivity contribution is 1.14. The topological polar surface area (TPSA) is 35.6 Å². The van der Waals surface area contributed by atoms with E-state index in [1.807, 2.05) is 18.2 Å². The van der Waals surface area contributed by atoms with E-state index in [2.05, 4.69) is 153 Å². The van der Waals surface area contributed by atoms with E-state index in [0.717, 1.165) is 39.5 Å². The standard InChI is InChI=1S/C41H28N4/c1-27-40(28-11-3-2-4-12-28)42-26-43-41(27)29-19-21-30(22-20-29)44-38-18-10-7-15-34(38)35-25-31(23-24-39(35)44)45-36-16-8-5-13-32(36)33-14-6-9-17-37(33)45/h2-26H,1H3. The van der Waals surface area contributed by atoms with Gasteiger partial charge in [-0.05, 0) is 55.5 Å². The van der Waals surface area contributed by atoms with Crippen molar-refractivity contribution in [1.82, 2.24) is 19.1 Å². The molecular weight excluding hydrogens is 548 g/mol. The number of para-hydroxylation sites is 3. The summed E-state index contributed by atoms with van der Waals surface area (Å²) in [4.78, 5) is 9.29. The van der Waals surface area contributed by atoms with E-state index in [1.165, 1.54) is 43.6 Å². The summed E-state index contributed by atoms with van der Waals surface area (Å²) in [6, 6.07) is 52.0. The van der Waals surface area contributed by atoms with Gasteiger partial charge in [0.05, 0.1) is 33.5 Å². The maximum atomic E-state index is 4.68. The van der Waals surface area contributed by atoms with Gasteiger partial charge in [0, 0.05) is 49.6 Å². The first-order chi connectivity index (χ1) is 22.3. The molecular formula is C41H28N4. The largest absolute Gasteiger partial charge is 0.309 e. The molecule has 3 heterocycles. The number of benzene rings is 6. The monoisotopic (exact) mass is 576 g/mol. The molecule has 0 spiro atoms. The van der Waals surface area contributed by atoms with Gasteiger partial charge in [0.25, 0.3) is 0 Å². The predicted octanol–water partition coefficient (Wildman–Crippen LogP) is 10.3. The van der Waals surface area contributed by atoms with Crippen LogP contribution in [0.1, 0.15) is 5.56 Å². The van der Waals surface area contributed by atoms with Crippen LogP contribution >= 0.6 is 0 Å². The molecule has 0 amide bonds. The van der Waals surface area contributed by atoms with Crippen molar-refractivity contribution in [3.8, 4) is 33.9 Å². The van der Waals surface area contributed by atoms with E-state index < -0.39 is 0 Å². The zero-order valence-electron chi connectivity index (χ0n) is 24.7. The molecule has 0 aliphatic carbocycles. The molecule has 3 aromatic heterocycles. The Morgan fingerprint density at radius 1 is 0.400 bits per heavy atom. The fraction of sp³-hybridized carbons (Fsp3) is 0.0244. The maximum absolute atomic E-state index is 4.68. The van der Waals surface area contributed by atoms with Gasteiger partial charge in [-0.25, -0.2) is 9.97 Å². The number of hydrogen-bond acceptors (Lipinski definition) is 2. The number of nitrogens with zero attached hydrogens (tertiary/aromatic N) is 4. The summed E-state index contributed by atoms with van der Waals surface area (Å²) in [5, 5.41) is 5.00. The highest BCUT2D eigenvalue weighted by molar-refractivity contribution is 6.12. The summed E-state index contributed by atoms with van der Waals surface area (Å²) >= 11 is 0. The molecule has 0 saturated carbocycles. The summed E-state index contributed by atoms with van der Waals surface area (Å²) in [6.45, 7) is 2.10. The van der Waals surface area contributed by atoms with E-state index >= 15 is 0 Å². The molecule has 0 fully saturated rings. The van der Waals surface area contributed by atoms with E-state index in [4.69, 9.17) is 0 Å². The fourth-order valence-corrected chi connectivity index (χ4v) is 6.98. The molecule has 9 rings (SSSR count). The highest BCUT2D eigenvalue weighted by atomic mass is 15.0. The first-order valence-electron chi connectivity index (χ1n) is 15.3. The molecule has 0 atom stereocenters. The Labute approximate surface area is 260 Å². The van der Waals surface area contributed by atoms with Crippen molar-refractivity contribution in [1.29, 1.82) is 0 Å². The Kier molecular flexibility index (Phi) is 5.69. The number of hydrogen-bond donors (Lipinski definition) is 0. The minimum Gasteiger partial charge on any atom is -0.309 e. The zero-order valence-corrected chi connectivity index (χ0v) is 24.7. The first kappa shape index (κ1) is 25.5. The van der Waals surface area contributed by atoms with Crippen molar-refractivity contribution < 1.29 is 0 Å². The highest BCUT2D eigenvalue weighted by Crippen LogP contribution is 2.37. The van der Waals surface area contributed by atoms with E-state index in [1.54, 1.807) is 6.33 Å². The summed E-state index contributed by atoms with van der Waals surface area (Å²) in [7, 11) is 0. The Bertz CT molecular complexity index is 2480. The van der Waals surface area contributed by atoms with Gasteiger partial charge in [-0.1, -0.05) is 97.1 Å². The molecule has 6 aromatic carbocycles. The van der Waals surface area contributed by atoms with E-state index in [-0.39, 0.29) is 0 Å². The quantitative estimate of drug-likeness (QED) is 0.209. The van der Waals surface area contributed by atoms with Crippen molar-refractivity contribution in [2.24, 2.45) is 0 Å². The van der Waals surface area contributed by atoms with Crippen LogP contribution in [0.4, 0.5) is 0 Å². The minimum atomic E-state index is 0.952. The summed E-state index contributed by atoms with van der Waals surface area (Å²) in [5.74, 6) is 0. The lowest BCUT2D eigenvalue weighted by atomic mass is 10.0. The molecule has 0 N–H and O–H groups in total. The Balaban J connectivity index is 1.19. The van der Waals surface area contributed by atoms with Crippen molar-refractivity contribution in [2.45, 2.75) is 6.92 Å². The average Bonchev–Trinajstić information content (AvgIpc) is 3.62. The van der Waals surface area contributed by atoms with Crippen LogP contribution in [0, 0.1) is 6.92 Å². The lowest BCUT2D eigenvalue weighted by Gasteiger charge is -2.12. The Morgan fingerprint density at radius 3 is 1.44 bits per heavy atom. The molecule has 0 bridgehead atoms. The predicted molar refractivity (Wildman–Crippen MR) is 186 cm³/mol. The van der Waals surface area contributed by atoms with Gasteiger partial charge in [-0.3, -0.25) is 0 Å². The second-order valence-corrected chi connectivity index (χ2v) is 11.5. The Hall–Kier alpha value is -6.00. The molecule has 45 heavy (non-hydrogen) atoms. The van der Waals surface area contributed by atoms with Crippen LogP contribution in [-0.2, 0) is 0 Å². The fourth-order valence-electron chi connectivity index (χ4n) is 6.98. The average molecular weight is 577 g/mol. The molecule has 0 saturated heterocycles. The van der Waals surface area contributed by atoms with Crippen molar-refractivity contribution >= 4 is 43.6 Å². The van der Waals surface area contributed by atoms with Gasteiger partial charge in [0.15, 0.2) is 0 Å². The van der Waals surface area contributed by atoms with Crippen molar-refractivity contribution in [3.63, 3.8) is 0 Å². The molecule has 9 aromatic rings. The normalized spacial score (nSPS) is 11.7. The van der Waals surface area contributed by atoms with Gasteiger partial charge in [-0.15, -0.1) is 0 Å². The summed E-state index contributed by atoms with van der Waals surface area (Å²) in [6.07, 6.45) is 1.67. The second-order valence-electron chi connectivity index (χ2n) is 11.5. The van der Waals surface area contributed by atoms with Gasteiger partial charge in [0.1, 0.15) is 6.33 Å². The third kappa shape index (κ3) is 3.93. The van der Waals surface area contributed by atoms with Crippen molar-refractivity contribution in [3.05, 3.63) is 157 Å². The smallest absolute Gasteiger partial charge is 0.116 e. The summed E-state index contributed by atoms with van der Waals surface area (Å²) in [5.41, 5.74) is 12.2. The molecule has 0 aliphatic rings. The van der Waals surface area contributed by atoms with Crippen molar-refractivity contribution in [2.75, 3.05) is 0 Å². The first-order valence-corrected chi connectivity index (χ1v) is 15.3. The summed E-state index contributed by atoms with van der Waals surface area (Å²) < 4.78 is 4.76. The van der Waals surface area contributed by atoms with E-state index in [9.17, 15) is 0 Å². The van der Waals surface area contributed by atoms with E-state index in [0.29, 0.717) is 0 Å². The van der Waals surface area contributed by atoms with Gasteiger partial charge in [-0.2, -0.15) is 0 Å². The Morgan fingerprint density at radius 2 is 0.844 bits per heavy atom. The molecule has 0 aliphatic heterocycles. The lowest BCUT2D eigenvalue weighted by Crippen LogP contribution is -1.97. The van der Waals surface area contributed by atoms with Crippen LogP contribution in [0.3, 0.4) is 0 Å². The third-order valence-electron chi connectivity index (χ3n) is 9.02. The zero-order chi connectivity index (χ0) is 29.9. The molecule has 0 unspecified atom stereocenters. The van der Waals surface area contributed by atoms with Crippen LogP contribution in [0.15, 0.2) is 152 Å². The molecule has 0 radical (unpaired) electrons. The van der Waals surface area contributed by atoms with Crippen LogP contribution < -0.4 is 0 Å². The highest BCUT2D eigenvalue weighted by Gasteiger charge is 2.17. The number of rotatable bonds is 4. The second kappa shape index (κ2) is 10.0. The van der Waals surface area contributed by atoms with Crippen LogP contribution in [0.5, 0.6) is 0 Å². The van der Waals surface area contributed by atoms with Gasteiger partial charge < -0.3 is 9.13 Å². The van der Waals surface area contributed by atoms with Gasteiger partial charge >= 0.3 is 0 Å². The van der Waals surface area contributed by atoms with Crippen LogP contribution in [0.2, 0.25) is 0 Å². The molecule has 4 heteroatoms. The van der Waals surface area contributed by atoms with Crippen LogP contribution in [-0.4, -0.2) is 19.1 Å². The molecule has 212 valence electrons. The maximum Gasteiger partial charge on any atom is 0.116 e. The number of aromatic nitrogens is 4. The number of fused-ring (bicyclic) bond motifs is 6. The SMILES string of the molecule is Cc1c(-c2ccccc2)ncnc1-c1ccc(-n2c3ccccc3c3cc(-n4c5ccccc5c5ccccc54)ccc32)cc1. The minimum absolute atomic E-state index is 0.952. The molecule has 4 nitrogen and oxygen atoms in total.